The Morgan fingerprint density at radius 2 is 2.12 bits per heavy atom. The lowest BCUT2D eigenvalue weighted by atomic mass is 9.67. The second-order valence-corrected chi connectivity index (χ2v) is 10.0. The van der Waals surface area contributed by atoms with Gasteiger partial charge in [-0.05, 0) is 51.0 Å². The smallest absolute Gasteiger partial charge is 0.232 e. The molecule has 1 spiro atoms. The highest BCUT2D eigenvalue weighted by Crippen LogP contribution is 2.67. The molecule has 5 heterocycles. The average Bonchev–Trinajstić information content (AvgIpc) is 3.41. The summed E-state index contributed by atoms with van der Waals surface area (Å²) in [6, 6.07) is 1.80. The SMILES string of the molecule is C=C[C@H]1C[C@@]23C(=O)N4CCCC/C=C\CCc5cc(c(o5)[C@@H]2N1C(=O)CCCC)[C@@H]3CC4. The van der Waals surface area contributed by atoms with E-state index < -0.39 is 5.41 Å². The molecule has 4 atom stereocenters. The molecule has 1 aromatic rings. The third-order valence-corrected chi connectivity index (χ3v) is 8.21. The van der Waals surface area contributed by atoms with Gasteiger partial charge in [-0.15, -0.1) is 6.58 Å². The molecule has 1 aliphatic carbocycles. The van der Waals surface area contributed by atoms with Crippen molar-refractivity contribution in [2.45, 2.75) is 89.1 Å². The molecule has 0 unspecified atom stereocenters. The summed E-state index contributed by atoms with van der Waals surface area (Å²) in [5, 5.41) is 0. The second-order valence-electron chi connectivity index (χ2n) is 10.0. The summed E-state index contributed by atoms with van der Waals surface area (Å²) in [7, 11) is 0. The van der Waals surface area contributed by atoms with Crippen LogP contribution in [-0.2, 0) is 16.0 Å². The van der Waals surface area contributed by atoms with Crippen molar-refractivity contribution >= 4 is 11.8 Å². The largest absolute Gasteiger partial charge is 0.464 e. The Balaban J connectivity index is 1.61. The number of amides is 2. The first-order chi connectivity index (χ1) is 15.6. The van der Waals surface area contributed by atoms with Crippen molar-refractivity contribution in [1.82, 2.24) is 9.80 Å². The lowest BCUT2D eigenvalue weighted by molar-refractivity contribution is -0.151. The van der Waals surface area contributed by atoms with Gasteiger partial charge in [-0.1, -0.05) is 31.6 Å². The number of likely N-dealkylation sites (tertiary alicyclic amines) is 1. The van der Waals surface area contributed by atoms with Gasteiger partial charge in [0, 0.05) is 37.4 Å². The van der Waals surface area contributed by atoms with Crippen molar-refractivity contribution in [3.05, 3.63) is 48.0 Å². The fraction of sp³-hybridized carbons (Fsp3) is 0.630. The van der Waals surface area contributed by atoms with Crippen molar-refractivity contribution in [1.29, 1.82) is 0 Å². The number of piperidine rings is 1. The van der Waals surface area contributed by atoms with Crippen LogP contribution < -0.4 is 0 Å². The molecule has 5 nitrogen and oxygen atoms in total. The molecule has 4 aliphatic heterocycles. The highest BCUT2D eigenvalue weighted by molar-refractivity contribution is 5.90. The molecule has 32 heavy (non-hydrogen) atoms. The van der Waals surface area contributed by atoms with E-state index in [1.807, 2.05) is 11.0 Å². The molecular formula is C27H36N2O3. The number of nitrogens with zero attached hydrogens (tertiary/aromatic N) is 2. The van der Waals surface area contributed by atoms with Crippen molar-refractivity contribution in [3.63, 3.8) is 0 Å². The average molecular weight is 437 g/mol. The molecule has 5 heteroatoms. The summed E-state index contributed by atoms with van der Waals surface area (Å²) in [6.07, 6.45) is 15.4. The molecule has 172 valence electrons. The summed E-state index contributed by atoms with van der Waals surface area (Å²) in [5.74, 6) is 2.37. The number of unbranched alkanes of at least 4 members (excludes halogenated alkanes) is 1. The molecule has 2 fully saturated rings. The van der Waals surface area contributed by atoms with Gasteiger partial charge >= 0.3 is 0 Å². The highest BCUT2D eigenvalue weighted by Gasteiger charge is 2.69. The molecule has 2 saturated heterocycles. The molecule has 0 aromatic carbocycles. The van der Waals surface area contributed by atoms with E-state index in [4.69, 9.17) is 4.42 Å². The summed E-state index contributed by atoms with van der Waals surface area (Å²) in [5.41, 5.74) is 0.594. The predicted molar refractivity (Wildman–Crippen MR) is 124 cm³/mol. The summed E-state index contributed by atoms with van der Waals surface area (Å²) in [6.45, 7) is 7.78. The Labute approximate surface area is 191 Å². The first-order valence-electron chi connectivity index (χ1n) is 12.6. The van der Waals surface area contributed by atoms with Crippen molar-refractivity contribution in [2.75, 3.05) is 13.1 Å². The zero-order valence-corrected chi connectivity index (χ0v) is 19.4. The minimum Gasteiger partial charge on any atom is -0.464 e. The standard InChI is InChI=1S/C27H36N2O3/c1-3-5-13-23(30)29-19(4-2)18-27-22-14-16-28(26(27)31)15-11-9-7-6-8-10-12-20-17-21(22)24(32-20)25(27)29/h4,6,8,17,19,22,25H,2-3,5,7,9-16,18H2,1H3/b8-6-/t19-,22-,25-,27-/m0/s1. The van der Waals surface area contributed by atoms with Gasteiger partial charge in [0.15, 0.2) is 0 Å². The zero-order chi connectivity index (χ0) is 22.3. The van der Waals surface area contributed by atoms with Gasteiger partial charge in [-0.3, -0.25) is 9.59 Å². The minimum atomic E-state index is -0.593. The van der Waals surface area contributed by atoms with Crippen LogP contribution in [0.2, 0.25) is 0 Å². The lowest BCUT2D eigenvalue weighted by Gasteiger charge is -2.44. The number of hydrogen-bond acceptors (Lipinski definition) is 3. The third kappa shape index (κ3) is 3.19. The minimum absolute atomic E-state index is 0.112. The molecule has 6 bridgehead atoms. The van der Waals surface area contributed by atoms with E-state index in [9.17, 15) is 9.59 Å². The van der Waals surface area contributed by atoms with E-state index in [2.05, 4.69) is 36.6 Å². The summed E-state index contributed by atoms with van der Waals surface area (Å²) >= 11 is 0. The van der Waals surface area contributed by atoms with Crippen LogP contribution in [-0.4, -0.2) is 40.7 Å². The molecule has 1 aromatic heterocycles. The zero-order valence-electron chi connectivity index (χ0n) is 19.4. The first-order valence-corrected chi connectivity index (χ1v) is 12.6. The van der Waals surface area contributed by atoms with E-state index in [1.165, 1.54) is 5.56 Å². The van der Waals surface area contributed by atoms with Crippen LogP contribution in [0.4, 0.5) is 0 Å². The Hall–Kier alpha value is -2.30. The van der Waals surface area contributed by atoms with Crippen LogP contribution in [0.25, 0.3) is 0 Å². The van der Waals surface area contributed by atoms with Gasteiger partial charge in [0.2, 0.25) is 11.8 Å². The maximum Gasteiger partial charge on any atom is 0.232 e. The number of fused-ring (bicyclic) bond motifs is 7. The van der Waals surface area contributed by atoms with Crippen LogP contribution >= 0.6 is 0 Å². The molecular weight excluding hydrogens is 400 g/mol. The van der Waals surface area contributed by atoms with Gasteiger partial charge in [0.25, 0.3) is 0 Å². The van der Waals surface area contributed by atoms with Gasteiger partial charge in [-0.25, -0.2) is 0 Å². The third-order valence-electron chi connectivity index (χ3n) is 8.21. The second kappa shape index (κ2) is 8.57. The quantitative estimate of drug-likeness (QED) is 0.603. The number of carbonyl (C=O) groups is 2. The van der Waals surface area contributed by atoms with Gasteiger partial charge < -0.3 is 14.2 Å². The normalized spacial score (nSPS) is 32.7. The maximum atomic E-state index is 14.1. The first kappa shape index (κ1) is 21.5. The number of aryl methyl sites for hydroxylation is 1. The van der Waals surface area contributed by atoms with Gasteiger partial charge in [0.1, 0.15) is 17.6 Å². The van der Waals surface area contributed by atoms with E-state index in [0.717, 1.165) is 76.0 Å². The summed E-state index contributed by atoms with van der Waals surface area (Å²) < 4.78 is 6.48. The lowest BCUT2D eigenvalue weighted by Crippen LogP contribution is -2.53. The van der Waals surface area contributed by atoms with Crippen molar-refractivity contribution in [2.24, 2.45) is 5.41 Å². The van der Waals surface area contributed by atoms with E-state index in [0.29, 0.717) is 12.8 Å². The van der Waals surface area contributed by atoms with Crippen LogP contribution in [0.15, 0.2) is 35.3 Å². The molecule has 6 rings (SSSR count). The molecule has 0 saturated carbocycles. The fourth-order valence-corrected chi connectivity index (χ4v) is 6.72. The number of rotatable bonds is 4. The van der Waals surface area contributed by atoms with Crippen LogP contribution in [0.5, 0.6) is 0 Å². The van der Waals surface area contributed by atoms with Crippen LogP contribution in [0, 0.1) is 5.41 Å². The predicted octanol–water partition coefficient (Wildman–Crippen LogP) is 5.29. The Morgan fingerprint density at radius 1 is 1.28 bits per heavy atom. The number of carbonyl (C=O) groups excluding carboxylic acids is 2. The van der Waals surface area contributed by atoms with Crippen molar-refractivity contribution < 1.29 is 14.0 Å². The van der Waals surface area contributed by atoms with Gasteiger partial charge in [-0.2, -0.15) is 0 Å². The van der Waals surface area contributed by atoms with Crippen molar-refractivity contribution in [3.8, 4) is 0 Å². The number of furan rings is 1. The Bertz CT molecular complexity index is 931. The fourth-order valence-electron chi connectivity index (χ4n) is 6.72. The van der Waals surface area contributed by atoms with E-state index in [1.54, 1.807) is 0 Å². The summed E-state index contributed by atoms with van der Waals surface area (Å²) in [4.78, 5) is 31.7. The Morgan fingerprint density at radius 3 is 2.94 bits per heavy atom. The van der Waals surface area contributed by atoms with E-state index in [-0.39, 0.29) is 29.8 Å². The van der Waals surface area contributed by atoms with E-state index >= 15 is 0 Å². The molecule has 0 radical (unpaired) electrons. The monoisotopic (exact) mass is 436 g/mol. The van der Waals surface area contributed by atoms with Crippen LogP contribution in [0.3, 0.4) is 0 Å². The Kier molecular flexibility index (Phi) is 5.77. The highest BCUT2D eigenvalue weighted by atomic mass is 16.3. The van der Waals surface area contributed by atoms with Gasteiger partial charge in [0.05, 0.1) is 11.5 Å². The number of hydrogen-bond donors (Lipinski definition) is 0. The van der Waals surface area contributed by atoms with Crippen LogP contribution in [0.1, 0.15) is 93.8 Å². The maximum absolute atomic E-state index is 14.1. The molecule has 5 aliphatic rings. The molecule has 2 amide bonds. The number of allylic oxidation sites excluding steroid dienone is 2. The topological polar surface area (TPSA) is 53.8 Å². The molecule has 0 N–H and O–H groups in total.